The number of aliphatic hydroxyl groups excluding tert-OH is 2. The molecule has 0 bridgehead atoms. The van der Waals surface area contributed by atoms with Gasteiger partial charge in [-0.3, -0.25) is 0 Å². The maximum absolute atomic E-state index is 9.18. The first-order valence-corrected chi connectivity index (χ1v) is 3.02. The molecule has 2 unspecified atom stereocenters. The minimum Gasteiger partial charge on any atom is -0.396 e. The molecule has 3 heteroatoms. The molecule has 9 heavy (non-hydrogen) atoms. The summed E-state index contributed by atoms with van der Waals surface area (Å²) in [6.07, 6.45) is -0.574. The van der Waals surface area contributed by atoms with Crippen LogP contribution in [0.15, 0.2) is 0 Å². The van der Waals surface area contributed by atoms with Gasteiger partial charge in [0.05, 0.1) is 11.7 Å². The third-order valence-corrected chi connectivity index (χ3v) is 1.52. The van der Waals surface area contributed by atoms with E-state index in [0.29, 0.717) is 0 Å². The summed E-state index contributed by atoms with van der Waals surface area (Å²) in [5, 5.41) is 26.4. The van der Waals surface area contributed by atoms with E-state index in [-0.39, 0.29) is 13.0 Å². The van der Waals surface area contributed by atoms with Crippen LogP contribution in [0.4, 0.5) is 0 Å². The highest BCUT2D eigenvalue weighted by Crippen LogP contribution is 2.12. The molecule has 0 aliphatic carbocycles. The van der Waals surface area contributed by atoms with Crippen LogP contribution in [0.2, 0.25) is 0 Å². The summed E-state index contributed by atoms with van der Waals surface area (Å²) in [5.74, 6) is 0. The number of rotatable bonds is 3. The Bertz CT molecular complexity index is 78.4. The minimum atomic E-state index is -1.14. The first-order valence-electron chi connectivity index (χ1n) is 3.02. The second kappa shape index (κ2) is 3.15. The van der Waals surface area contributed by atoms with Gasteiger partial charge in [0.2, 0.25) is 0 Å². The third kappa shape index (κ3) is 2.79. The van der Waals surface area contributed by atoms with Crippen LogP contribution in [-0.4, -0.2) is 33.6 Å². The Kier molecular flexibility index (Phi) is 3.11. The predicted octanol–water partition coefficient (Wildman–Crippen LogP) is -0.499. The molecule has 56 valence electrons. The molecule has 0 aliphatic heterocycles. The molecule has 0 heterocycles. The molecule has 0 aromatic heterocycles. The van der Waals surface area contributed by atoms with Crippen LogP contribution in [-0.2, 0) is 0 Å². The lowest BCUT2D eigenvalue weighted by Crippen LogP contribution is -2.37. The van der Waals surface area contributed by atoms with Crippen molar-refractivity contribution in [3.63, 3.8) is 0 Å². The van der Waals surface area contributed by atoms with Crippen LogP contribution < -0.4 is 0 Å². The molecule has 0 amide bonds. The first-order chi connectivity index (χ1) is 4.00. The van der Waals surface area contributed by atoms with Crippen LogP contribution in [0.5, 0.6) is 0 Å². The van der Waals surface area contributed by atoms with E-state index in [1.165, 1.54) is 13.8 Å². The second-order valence-electron chi connectivity index (χ2n) is 2.51. The van der Waals surface area contributed by atoms with Crippen LogP contribution in [0.25, 0.3) is 0 Å². The number of aliphatic hydroxyl groups is 3. The van der Waals surface area contributed by atoms with Crippen molar-refractivity contribution in [2.24, 2.45) is 0 Å². The summed E-state index contributed by atoms with van der Waals surface area (Å²) in [5.41, 5.74) is -1.14. The molecule has 0 aromatic carbocycles. The van der Waals surface area contributed by atoms with Gasteiger partial charge in [-0.2, -0.15) is 0 Å². The number of hydrogen-bond donors (Lipinski definition) is 3. The van der Waals surface area contributed by atoms with Crippen LogP contribution in [0.3, 0.4) is 0 Å². The maximum Gasteiger partial charge on any atom is 0.0896 e. The Morgan fingerprint density at radius 3 is 2.11 bits per heavy atom. The van der Waals surface area contributed by atoms with E-state index in [4.69, 9.17) is 10.2 Å². The zero-order valence-corrected chi connectivity index (χ0v) is 5.83. The predicted molar refractivity (Wildman–Crippen MR) is 34.0 cm³/mol. The lowest BCUT2D eigenvalue weighted by molar-refractivity contribution is -0.0651. The summed E-state index contributed by atoms with van der Waals surface area (Å²) < 4.78 is 0. The highest BCUT2D eigenvalue weighted by molar-refractivity contribution is 4.77. The summed E-state index contributed by atoms with van der Waals surface area (Å²) >= 11 is 0. The fraction of sp³-hybridized carbons (Fsp3) is 1.00. The van der Waals surface area contributed by atoms with E-state index in [9.17, 15) is 5.11 Å². The fourth-order valence-electron chi connectivity index (χ4n) is 0.435. The van der Waals surface area contributed by atoms with Gasteiger partial charge in [0, 0.05) is 13.0 Å². The van der Waals surface area contributed by atoms with Crippen molar-refractivity contribution in [3.8, 4) is 0 Å². The molecule has 0 aromatic rings. The van der Waals surface area contributed by atoms with E-state index >= 15 is 0 Å². The lowest BCUT2D eigenvalue weighted by atomic mass is 9.97. The topological polar surface area (TPSA) is 60.7 Å². The second-order valence-corrected chi connectivity index (χ2v) is 2.51. The van der Waals surface area contributed by atoms with Gasteiger partial charge in [-0.05, 0) is 13.8 Å². The molecule has 3 nitrogen and oxygen atoms in total. The highest BCUT2D eigenvalue weighted by atomic mass is 16.3. The summed E-state index contributed by atoms with van der Waals surface area (Å²) in [6.45, 7) is 2.89. The van der Waals surface area contributed by atoms with Gasteiger partial charge in [0.25, 0.3) is 0 Å². The Hall–Kier alpha value is -0.120. The normalized spacial score (nSPS) is 21.0. The quantitative estimate of drug-likeness (QED) is 0.487. The van der Waals surface area contributed by atoms with Crippen LogP contribution in [0.1, 0.15) is 20.3 Å². The first kappa shape index (κ1) is 8.88. The Balaban J connectivity index is 3.70. The molecule has 0 aliphatic rings. The Morgan fingerprint density at radius 1 is 1.56 bits per heavy atom. The lowest BCUT2D eigenvalue weighted by Gasteiger charge is -2.24. The van der Waals surface area contributed by atoms with Crippen molar-refractivity contribution >= 4 is 0 Å². The van der Waals surface area contributed by atoms with Crippen molar-refractivity contribution < 1.29 is 15.3 Å². The van der Waals surface area contributed by atoms with Gasteiger partial charge in [0.1, 0.15) is 0 Å². The molecule has 0 fully saturated rings. The molecule has 0 saturated carbocycles. The molecule has 2 atom stereocenters. The van der Waals surface area contributed by atoms with E-state index < -0.39 is 11.7 Å². The van der Waals surface area contributed by atoms with Crippen molar-refractivity contribution in [2.45, 2.75) is 32.0 Å². The monoisotopic (exact) mass is 134 g/mol. The minimum absolute atomic E-state index is 0.0993. The van der Waals surface area contributed by atoms with Crippen LogP contribution >= 0.6 is 0 Å². The molecule has 0 rings (SSSR count). The fourth-order valence-corrected chi connectivity index (χ4v) is 0.435. The zero-order valence-electron chi connectivity index (χ0n) is 5.83. The highest BCUT2D eigenvalue weighted by Gasteiger charge is 2.25. The van der Waals surface area contributed by atoms with Crippen molar-refractivity contribution in [1.82, 2.24) is 0 Å². The van der Waals surface area contributed by atoms with E-state index in [0.717, 1.165) is 0 Å². The Labute approximate surface area is 54.9 Å². The van der Waals surface area contributed by atoms with E-state index in [1.807, 2.05) is 0 Å². The average molecular weight is 134 g/mol. The third-order valence-electron chi connectivity index (χ3n) is 1.52. The average Bonchev–Trinajstić information content (AvgIpc) is 1.65. The maximum atomic E-state index is 9.18. The molecule has 0 radical (unpaired) electrons. The summed E-state index contributed by atoms with van der Waals surface area (Å²) in [4.78, 5) is 0. The molecule has 0 saturated heterocycles. The SMILES string of the molecule is CC(O)C(C)(O)CCO. The van der Waals surface area contributed by atoms with Gasteiger partial charge in [-0.25, -0.2) is 0 Å². The smallest absolute Gasteiger partial charge is 0.0896 e. The van der Waals surface area contributed by atoms with Crippen molar-refractivity contribution in [3.05, 3.63) is 0 Å². The summed E-state index contributed by atoms with van der Waals surface area (Å²) in [6, 6.07) is 0. The van der Waals surface area contributed by atoms with E-state index in [1.54, 1.807) is 0 Å². The van der Waals surface area contributed by atoms with Crippen molar-refractivity contribution in [2.75, 3.05) is 6.61 Å². The number of hydrogen-bond acceptors (Lipinski definition) is 3. The standard InChI is InChI=1S/C6H14O3/c1-5(8)6(2,9)3-4-7/h5,7-9H,3-4H2,1-2H3. The molecular formula is C6H14O3. The zero-order chi connectivity index (χ0) is 7.49. The molecule has 3 N–H and O–H groups in total. The molecular weight excluding hydrogens is 120 g/mol. The van der Waals surface area contributed by atoms with Gasteiger partial charge in [-0.15, -0.1) is 0 Å². The van der Waals surface area contributed by atoms with Gasteiger partial charge >= 0.3 is 0 Å². The van der Waals surface area contributed by atoms with Gasteiger partial charge in [-0.1, -0.05) is 0 Å². The van der Waals surface area contributed by atoms with Crippen LogP contribution in [0, 0.1) is 0 Å². The van der Waals surface area contributed by atoms with Gasteiger partial charge in [0.15, 0.2) is 0 Å². The summed E-state index contributed by atoms with van der Waals surface area (Å²) in [7, 11) is 0. The van der Waals surface area contributed by atoms with Gasteiger partial charge < -0.3 is 15.3 Å². The van der Waals surface area contributed by atoms with Crippen molar-refractivity contribution in [1.29, 1.82) is 0 Å². The largest absolute Gasteiger partial charge is 0.396 e. The van der Waals surface area contributed by atoms with E-state index in [2.05, 4.69) is 0 Å². The molecule has 0 spiro atoms. The Morgan fingerprint density at radius 2 is 2.00 bits per heavy atom.